The SMILES string of the molecule is Cc1ccc(-c2nnc([C@@H](C)N(C)Cc3cccs3)o2)cc1. The second-order valence-corrected chi connectivity index (χ2v) is 6.51. The van der Waals surface area contributed by atoms with Gasteiger partial charge in [0.05, 0.1) is 6.04 Å². The van der Waals surface area contributed by atoms with Crippen LogP contribution in [-0.2, 0) is 6.54 Å². The largest absolute Gasteiger partial charge is 0.419 e. The summed E-state index contributed by atoms with van der Waals surface area (Å²) in [6, 6.07) is 12.4. The van der Waals surface area contributed by atoms with Crippen molar-refractivity contribution in [1.82, 2.24) is 15.1 Å². The number of rotatable bonds is 5. The zero-order chi connectivity index (χ0) is 15.5. The van der Waals surface area contributed by atoms with E-state index in [0.717, 1.165) is 12.1 Å². The third-order valence-electron chi connectivity index (χ3n) is 3.74. The van der Waals surface area contributed by atoms with Gasteiger partial charge < -0.3 is 4.42 Å². The first-order valence-electron chi connectivity index (χ1n) is 7.26. The summed E-state index contributed by atoms with van der Waals surface area (Å²) in [4.78, 5) is 3.53. The van der Waals surface area contributed by atoms with E-state index >= 15 is 0 Å². The van der Waals surface area contributed by atoms with Crippen molar-refractivity contribution in [3.05, 3.63) is 58.1 Å². The molecule has 0 aliphatic heterocycles. The van der Waals surface area contributed by atoms with Crippen LogP contribution in [0.2, 0.25) is 0 Å². The minimum Gasteiger partial charge on any atom is -0.419 e. The van der Waals surface area contributed by atoms with Crippen LogP contribution in [-0.4, -0.2) is 22.1 Å². The molecule has 0 saturated heterocycles. The first-order chi connectivity index (χ1) is 10.6. The average molecular weight is 313 g/mol. The normalized spacial score (nSPS) is 12.7. The molecule has 3 rings (SSSR count). The first-order valence-corrected chi connectivity index (χ1v) is 8.14. The highest BCUT2D eigenvalue weighted by Crippen LogP contribution is 2.25. The zero-order valence-corrected chi connectivity index (χ0v) is 13.8. The van der Waals surface area contributed by atoms with E-state index in [9.17, 15) is 0 Å². The van der Waals surface area contributed by atoms with Crippen LogP contribution in [0.1, 0.15) is 29.3 Å². The van der Waals surface area contributed by atoms with E-state index in [1.807, 2.05) is 24.3 Å². The van der Waals surface area contributed by atoms with Gasteiger partial charge in [0.15, 0.2) is 0 Å². The molecule has 0 spiro atoms. The molecular formula is C17H19N3OS. The summed E-state index contributed by atoms with van der Waals surface area (Å²) >= 11 is 1.76. The van der Waals surface area contributed by atoms with E-state index in [4.69, 9.17) is 4.42 Å². The van der Waals surface area contributed by atoms with Crippen molar-refractivity contribution < 1.29 is 4.42 Å². The summed E-state index contributed by atoms with van der Waals surface area (Å²) in [6.45, 7) is 5.02. The van der Waals surface area contributed by atoms with Crippen molar-refractivity contribution in [2.75, 3.05) is 7.05 Å². The maximum Gasteiger partial charge on any atom is 0.247 e. The van der Waals surface area contributed by atoms with Gasteiger partial charge in [-0.15, -0.1) is 21.5 Å². The Morgan fingerprint density at radius 3 is 2.64 bits per heavy atom. The van der Waals surface area contributed by atoms with E-state index in [1.165, 1.54) is 10.4 Å². The van der Waals surface area contributed by atoms with Crippen LogP contribution in [0.3, 0.4) is 0 Å². The Labute approximate surface area is 134 Å². The summed E-state index contributed by atoms with van der Waals surface area (Å²) in [5.41, 5.74) is 2.17. The van der Waals surface area contributed by atoms with Crippen molar-refractivity contribution in [3.8, 4) is 11.5 Å². The quantitative estimate of drug-likeness (QED) is 0.704. The van der Waals surface area contributed by atoms with Gasteiger partial charge in [-0.05, 0) is 44.5 Å². The predicted octanol–water partition coefficient (Wildman–Crippen LogP) is 4.30. The highest BCUT2D eigenvalue weighted by Gasteiger charge is 2.19. The summed E-state index contributed by atoms with van der Waals surface area (Å²) in [7, 11) is 2.07. The Balaban J connectivity index is 1.73. The molecule has 0 aliphatic rings. The number of hydrogen-bond donors (Lipinski definition) is 0. The fourth-order valence-corrected chi connectivity index (χ4v) is 2.96. The smallest absolute Gasteiger partial charge is 0.247 e. The Morgan fingerprint density at radius 2 is 1.95 bits per heavy atom. The zero-order valence-electron chi connectivity index (χ0n) is 13.0. The number of nitrogens with zero attached hydrogens (tertiary/aromatic N) is 3. The maximum absolute atomic E-state index is 5.85. The summed E-state index contributed by atoms with van der Waals surface area (Å²) < 4.78 is 5.85. The van der Waals surface area contributed by atoms with Crippen LogP contribution in [0, 0.1) is 6.92 Å². The third kappa shape index (κ3) is 3.26. The summed E-state index contributed by atoms with van der Waals surface area (Å²) in [5.74, 6) is 1.22. The molecule has 5 heteroatoms. The molecule has 4 nitrogen and oxygen atoms in total. The highest BCUT2D eigenvalue weighted by molar-refractivity contribution is 7.09. The van der Waals surface area contributed by atoms with Gasteiger partial charge in [-0.1, -0.05) is 23.8 Å². The van der Waals surface area contributed by atoms with Crippen LogP contribution in [0.4, 0.5) is 0 Å². The van der Waals surface area contributed by atoms with Crippen LogP contribution in [0.25, 0.3) is 11.5 Å². The number of aromatic nitrogens is 2. The van der Waals surface area contributed by atoms with E-state index in [2.05, 4.69) is 53.5 Å². The van der Waals surface area contributed by atoms with Gasteiger partial charge >= 0.3 is 0 Å². The van der Waals surface area contributed by atoms with Gasteiger partial charge in [0.1, 0.15) is 0 Å². The fraction of sp³-hybridized carbons (Fsp3) is 0.294. The lowest BCUT2D eigenvalue weighted by Crippen LogP contribution is -2.21. The Kier molecular flexibility index (Phi) is 4.36. The lowest BCUT2D eigenvalue weighted by molar-refractivity contribution is 0.219. The van der Waals surface area contributed by atoms with E-state index in [0.29, 0.717) is 11.8 Å². The minimum atomic E-state index is 0.0776. The fourth-order valence-electron chi connectivity index (χ4n) is 2.19. The van der Waals surface area contributed by atoms with Gasteiger partial charge in [0, 0.05) is 17.0 Å². The van der Waals surface area contributed by atoms with Crippen molar-refractivity contribution in [1.29, 1.82) is 0 Å². The van der Waals surface area contributed by atoms with Crippen LogP contribution in [0.5, 0.6) is 0 Å². The van der Waals surface area contributed by atoms with Gasteiger partial charge in [-0.2, -0.15) is 0 Å². The Morgan fingerprint density at radius 1 is 1.18 bits per heavy atom. The Hall–Kier alpha value is -1.98. The van der Waals surface area contributed by atoms with E-state index in [1.54, 1.807) is 11.3 Å². The molecule has 2 aromatic heterocycles. The summed E-state index contributed by atoms with van der Waals surface area (Å²) in [6.07, 6.45) is 0. The molecule has 114 valence electrons. The molecular weight excluding hydrogens is 294 g/mol. The van der Waals surface area contributed by atoms with Crippen molar-refractivity contribution in [3.63, 3.8) is 0 Å². The van der Waals surface area contributed by atoms with Crippen molar-refractivity contribution in [2.45, 2.75) is 26.4 Å². The van der Waals surface area contributed by atoms with E-state index in [-0.39, 0.29) is 6.04 Å². The van der Waals surface area contributed by atoms with Crippen LogP contribution >= 0.6 is 11.3 Å². The minimum absolute atomic E-state index is 0.0776. The van der Waals surface area contributed by atoms with Gasteiger partial charge in [-0.3, -0.25) is 4.90 Å². The molecule has 22 heavy (non-hydrogen) atoms. The van der Waals surface area contributed by atoms with Crippen molar-refractivity contribution >= 4 is 11.3 Å². The Bertz CT molecular complexity index is 719. The number of thiophene rings is 1. The highest BCUT2D eigenvalue weighted by atomic mass is 32.1. The molecule has 1 atom stereocenters. The van der Waals surface area contributed by atoms with Gasteiger partial charge in [-0.25, -0.2) is 0 Å². The maximum atomic E-state index is 5.85. The monoisotopic (exact) mass is 313 g/mol. The molecule has 0 N–H and O–H groups in total. The number of hydrogen-bond acceptors (Lipinski definition) is 5. The van der Waals surface area contributed by atoms with Gasteiger partial charge in [0.25, 0.3) is 0 Å². The van der Waals surface area contributed by atoms with Crippen LogP contribution < -0.4 is 0 Å². The molecule has 0 saturated carbocycles. The van der Waals surface area contributed by atoms with E-state index < -0.39 is 0 Å². The molecule has 1 aromatic carbocycles. The molecule has 0 radical (unpaired) electrons. The molecule has 3 aromatic rings. The number of aryl methyl sites for hydroxylation is 1. The van der Waals surface area contributed by atoms with Gasteiger partial charge in [0.2, 0.25) is 11.8 Å². The van der Waals surface area contributed by atoms with Crippen LogP contribution in [0.15, 0.2) is 46.2 Å². The molecule has 0 bridgehead atoms. The molecule has 0 amide bonds. The lowest BCUT2D eigenvalue weighted by Gasteiger charge is -2.20. The first kappa shape index (κ1) is 14.9. The standard InChI is InChI=1S/C17H19N3OS/c1-12-6-8-14(9-7-12)17-19-18-16(21-17)13(2)20(3)11-15-5-4-10-22-15/h4-10,13H,11H2,1-3H3/t13-/m1/s1. The van der Waals surface area contributed by atoms with Crippen molar-refractivity contribution in [2.24, 2.45) is 0 Å². The number of benzene rings is 1. The molecule has 0 unspecified atom stereocenters. The second-order valence-electron chi connectivity index (χ2n) is 5.48. The summed E-state index contributed by atoms with van der Waals surface area (Å²) in [5, 5.41) is 10.5. The lowest BCUT2D eigenvalue weighted by atomic mass is 10.1. The molecule has 0 fully saturated rings. The topological polar surface area (TPSA) is 42.2 Å². The molecule has 0 aliphatic carbocycles. The average Bonchev–Trinajstić information content (AvgIpc) is 3.18. The second kappa shape index (κ2) is 6.42. The predicted molar refractivity (Wildman–Crippen MR) is 88.7 cm³/mol. The molecule has 2 heterocycles. The third-order valence-corrected chi connectivity index (χ3v) is 4.60.